The van der Waals surface area contributed by atoms with Crippen LogP contribution in [0.2, 0.25) is 0 Å². The molecule has 1 heterocycles. The molecule has 4 nitrogen and oxygen atoms in total. The Morgan fingerprint density at radius 2 is 1.70 bits per heavy atom. The summed E-state index contributed by atoms with van der Waals surface area (Å²) < 4.78 is 5.28. The van der Waals surface area contributed by atoms with Crippen molar-refractivity contribution in [3.05, 3.63) is 71.8 Å². The lowest BCUT2D eigenvalue weighted by atomic mass is 9.90. The van der Waals surface area contributed by atoms with Gasteiger partial charge in [-0.3, -0.25) is 4.90 Å². The number of amides is 1. The van der Waals surface area contributed by atoms with Crippen molar-refractivity contribution in [3.63, 3.8) is 0 Å². The van der Waals surface area contributed by atoms with Gasteiger partial charge in [0.1, 0.15) is 0 Å². The molecular formula is C19H22N2O2. The van der Waals surface area contributed by atoms with Crippen LogP contribution in [0.3, 0.4) is 0 Å². The molecule has 1 N–H and O–H groups in total. The lowest BCUT2D eigenvalue weighted by Gasteiger charge is -2.41. The fourth-order valence-electron chi connectivity index (χ4n) is 3.17. The van der Waals surface area contributed by atoms with E-state index in [0.29, 0.717) is 13.2 Å². The van der Waals surface area contributed by atoms with Crippen molar-refractivity contribution in [1.82, 2.24) is 10.2 Å². The summed E-state index contributed by atoms with van der Waals surface area (Å²) in [7, 11) is 0. The summed E-state index contributed by atoms with van der Waals surface area (Å²) in [5, 5.41) is 3.56. The second-order valence-electron chi connectivity index (χ2n) is 5.59. The molecule has 0 bridgehead atoms. The fourth-order valence-corrected chi connectivity index (χ4v) is 3.17. The quantitative estimate of drug-likeness (QED) is 0.943. The number of hydrogen-bond acceptors (Lipinski definition) is 3. The summed E-state index contributed by atoms with van der Waals surface area (Å²) in [6.45, 7) is 3.62. The minimum atomic E-state index is -0.246. The number of rotatable bonds is 3. The first-order chi connectivity index (χ1) is 11.3. The van der Waals surface area contributed by atoms with E-state index in [1.165, 1.54) is 5.56 Å². The van der Waals surface area contributed by atoms with Crippen molar-refractivity contribution < 1.29 is 9.53 Å². The number of piperazine rings is 1. The molecule has 0 radical (unpaired) electrons. The Hall–Kier alpha value is -2.33. The van der Waals surface area contributed by atoms with Gasteiger partial charge in [0.05, 0.1) is 18.7 Å². The molecule has 1 aliphatic heterocycles. The average Bonchev–Trinajstić information content (AvgIpc) is 2.63. The second-order valence-corrected chi connectivity index (χ2v) is 5.59. The largest absolute Gasteiger partial charge is 0.450 e. The van der Waals surface area contributed by atoms with Crippen molar-refractivity contribution in [2.45, 2.75) is 19.0 Å². The Bertz CT molecular complexity index is 630. The highest BCUT2D eigenvalue weighted by molar-refractivity contribution is 5.69. The second kappa shape index (κ2) is 7.29. The van der Waals surface area contributed by atoms with Gasteiger partial charge in [-0.2, -0.15) is 0 Å². The molecule has 2 atom stereocenters. The van der Waals surface area contributed by atoms with Gasteiger partial charge in [0.15, 0.2) is 0 Å². The summed E-state index contributed by atoms with van der Waals surface area (Å²) in [5.74, 6) is 0. The minimum absolute atomic E-state index is 0.0526. The van der Waals surface area contributed by atoms with Crippen LogP contribution in [0.4, 0.5) is 4.79 Å². The lowest BCUT2D eigenvalue weighted by molar-refractivity contribution is 0.0666. The van der Waals surface area contributed by atoms with Crippen LogP contribution in [-0.4, -0.2) is 30.7 Å². The molecule has 0 spiro atoms. The first-order valence-electron chi connectivity index (χ1n) is 8.08. The number of benzene rings is 2. The molecule has 0 saturated carbocycles. The first kappa shape index (κ1) is 15.6. The number of carbonyl (C=O) groups is 1. The summed E-state index contributed by atoms with van der Waals surface area (Å²) in [4.78, 5) is 14.3. The zero-order chi connectivity index (χ0) is 16.1. The molecular weight excluding hydrogens is 288 g/mol. The van der Waals surface area contributed by atoms with Crippen LogP contribution in [0.25, 0.3) is 0 Å². The monoisotopic (exact) mass is 310 g/mol. The molecule has 0 aliphatic carbocycles. The fraction of sp³-hybridized carbons (Fsp3) is 0.316. The van der Waals surface area contributed by atoms with Crippen LogP contribution < -0.4 is 5.32 Å². The van der Waals surface area contributed by atoms with Gasteiger partial charge in [-0.05, 0) is 18.1 Å². The van der Waals surface area contributed by atoms with Gasteiger partial charge in [-0.15, -0.1) is 0 Å². The van der Waals surface area contributed by atoms with Crippen molar-refractivity contribution in [2.75, 3.05) is 19.7 Å². The zero-order valence-corrected chi connectivity index (χ0v) is 13.3. The van der Waals surface area contributed by atoms with E-state index >= 15 is 0 Å². The van der Waals surface area contributed by atoms with Crippen LogP contribution in [0.5, 0.6) is 0 Å². The molecule has 1 saturated heterocycles. The molecule has 1 fully saturated rings. The highest BCUT2D eigenvalue weighted by Gasteiger charge is 2.36. The normalized spacial score (nSPS) is 21.0. The van der Waals surface area contributed by atoms with Crippen LogP contribution in [-0.2, 0) is 4.74 Å². The van der Waals surface area contributed by atoms with E-state index in [4.69, 9.17) is 4.74 Å². The van der Waals surface area contributed by atoms with Gasteiger partial charge in [0.2, 0.25) is 0 Å². The highest BCUT2D eigenvalue weighted by atomic mass is 16.6. The van der Waals surface area contributed by atoms with Gasteiger partial charge < -0.3 is 10.1 Å². The van der Waals surface area contributed by atoms with Crippen molar-refractivity contribution in [1.29, 1.82) is 0 Å². The zero-order valence-electron chi connectivity index (χ0n) is 13.3. The predicted octanol–water partition coefficient (Wildman–Crippen LogP) is 3.53. The molecule has 120 valence electrons. The Labute approximate surface area is 137 Å². The summed E-state index contributed by atoms with van der Waals surface area (Å²) >= 11 is 0. The molecule has 1 aliphatic rings. The Morgan fingerprint density at radius 3 is 2.30 bits per heavy atom. The Balaban J connectivity index is 1.99. The first-order valence-corrected chi connectivity index (χ1v) is 8.08. The number of carbonyl (C=O) groups excluding carboxylic acids is 1. The van der Waals surface area contributed by atoms with Crippen LogP contribution in [0, 0.1) is 0 Å². The Morgan fingerprint density at radius 1 is 1.09 bits per heavy atom. The van der Waals surface area contributed by atoms with E-state index < -0.39 is 0 Å². The van der Waals surface area contributed by atoms with E-state index in [1.807, 2.05) is 48.2 Å². The Kier molecular flexibility index (Phi) is 4.93. The third-order valence-corrected chi connectivity index (χ3v) is 4.17. The smallest absolute Gasteiger partial charge is 0.410 e. The van der Waals surface area contributed by atoms with Crippen molar-refractivity contribution in [2.24, 2.45) is 0 Å². The number of nitrogens with zero attached hydrogens (tertiary/aromatic N) is 1. The van der Waals surface area contributed by atoms with Gasteiger partial charge in [0.25, 0.3) is 0 Å². The molecule has 2 aromatic carbocycles. The van der Waals surface area contributed by atoms with E-state index in [0.717, 1.165) is 12.1 Å². The molecule has 0 aromatic heterocycles. The van der Waals surface area contributed by atoms with Crippen LogP contribution in [0.1, 0.15) is 30.1 Å². The number of ether oxygens (including phenoxy) is 1. The maximum atomic E-state index is 12.4. The molecule has 3 rings (SSSR count). The highest BCUT2D eigenvalue weighted by Crippen LogP contribution is 2.36. The third kappa shape index (κ3) is 3.37. The summed E-state index contributed by atoms with van der Waals surface area (Å²) in [6.07, 6.45) is -0.246. The average molecular weight is 310 g/mol. The summed E-state index contributed by atoms with van der Waals surface area (Å²) in [6, 6.07) is 20.4. The van der Waals surface area contributed by atoms with E-state index in [-0.39, 0.29) is 18.2 Å². The third-order valence-electron chi connectivity index (χ3n) is 4.17. The van der Waals surface area contributed by atoms with Crippen molar-refractivity contribution in [3.8, 4) is 0 Å². The maximum Gasteiger partial charge on any atom is 0.410 e. The molecule has 23 heavy (non-hydrogen) atoms. The standard InChI is InChI=1S/C19H22N2O2/c1-2-23-19(22)21-14-13-20-17(15-9-5-3-6-10-15)18(21)16-11-7-4-8-12-16/h3-12,17-18,20H,2,13-14H2,1H3/t17-,18+/m0/s1. The SMILES string of the molecule is CCOC(=O)N1CCN[C@@H](c2ccccc2)[C@H]1c1ccccc1. The van der Waals surface area contributed by atoms with Gasteiger partial charge in [-0.25, -0.2) is 4.79 Å². The van der Waals surface area contributed by atoms with Gasteiger partial charge in [-0.1, -0.05) is 60.7 Å². The number of nitrogens with one attached hydrogen (secondary N) is 1. The number of hydrogen-bond donors (Lipinski definition) is 1. The van der Waals surface area contributed by atoms with Crippen LogP contribution >= 0.6 is 0 Å². The topological polar surface area (TPSA) is 41.6 Å². The molecule has 0 unspecified atom stereocenters. The lowest BCUT2D eigenvalue weighted by Crippen LogP contribution is -2.50. The predicted molar refractivity (Wildman–Crippen MR) is 90.1 cm³/mol. The maximum absolute atomic E-state index is 12.4. The molecule has 1 amide bonds. The molecule has 4 heteroatoms. The minimum Gasteiger partial charge on any atom is -0.450 e. The summed E-state index contributed by atoms with van der Waals surface area (Å²) in [5.41, 5.74) is 2.29. The van der Waals surface area contributed by atoms with Gasteiger partial charge in [0, 0.05) is 13.1 Å². The van der Waals surface area contributed by atoms with E-state index in [9.17, 15) is 4.79 Å². The van der Waals surface area contributed by atoms with E-state index in [1.54, 1.807) is 0 Å². The van der Waals surface area contributed by atoms with Crippen LogP contribution in [0.15, 0.2) is 60.7 Å². The van der Waals surface area contributed by atoms with Gasteiger partial charge >= 0.3 is 6.09 Å². The molecule has 2 aromatic rings. The van der Waals surface area contributed by atoms with E-state index in [2.05, 4.69) is 29.6 Å². The van der Waals surface area contributed by atoms with Crippen molar-refractivity contribution >= 4 is 6.09 Å².